The van der Waals surface area contributed by atoms with Crippen LogP contribution >= 0.6 is 11.3 Å². The summed E-state index contributed by atoms with van der Waals surface area (Å²) in [5, 5.41) is 1.88. The van der Waals surface area contributed by atoms with Gasteiger partial charge in [-0.2, -0.15) is 0 Å². The van der Waals surface area contributed by atoms with E-state index in [0.717, 1.165) is 12.1 Å². The van der Waals surface area contributed by atoms with Crippen LogP contribution in [0.15, 0.2) is 16.2 Å². The van der Waals surface area contributed by atoms with Gasteiger partial charge in [0.1, 0.15) is 6.61 Å². The van der Waals surface area contributed by atoms with Gasteiger partial charge >= 0.3 is 5.97 Å². The molecule has 3 rings (SSSR count). The molecule has 2 aromatic rings. The van der Waals surface area contributed by atoms with Crippen LogP contribution < -0.4 is 5.56 Å². The van der Waals surface area contributed by atoms with Gasteiger partial charge in [-0.3, -0.25) is 14.0 Å². The third-order valence-corrected chi connectivity index (χ3v) is 4.35. The second-order valence-corrected chi connectivity index (χ2v) is 5.84. The number of nitrogens with zero attached hydrogens (tertiary/aromatic N) is 2. The molecule has 0 aromatic carbocycles. The maximum atomic E-state index is 11.9. The molecular formula is C13H14N2O3S. The summed E-state index contributed by atoms with van der Waals surface area (Å²) < 4.78 is 6.74. The Morgan fingerprint density at radius 3 is 3.05 bits per heavy atom. The van der Waals surface area contributed by atoms with E-state index < -0.39 is 0 Å². The molecule has 0 saturated heterocycles. The van der Waals surface area contributed by atoms with Crippen molar-refractivity contribution in [2.24, 2.45) is 11.8 Å². The Morgan fingerprint density at radius 2 is 2.37 bits per heavy atom. The fourth-order valence-electron chi connectivity index (χ4n) is 2.08. The quantitative estimate of drug-likeness (QED) is 0.803. The van der Waals surface area contributed by atoms with Crippen LogP contribution in [0.3, 0.4) is 0 Å². The predicted octanol–water partition coefficient (Wildman–Crippen LogP) is 1.76. The number of hydrogen-bond acceptors (Lipinski definition) is 5. The van der Waals surface area contributed by atoms with E-state index in [2.05, 4.69) is 4.98 Å². The number of rotatable bonds is 3. The highest BCUT2D eigenvalue weighted by Crippen LogP contribution is 2.38. The molecule has 1 fully saturated rings. The summed E-state index contributed by atoms with van der Waals surface area (Å²) in [5.74, 6) is 0.277. The predicted molar refractivity (Wildman–Crippen MR) is 71.1 cm³/mol. The first kappa shape index (κ1) is 12.3. The Bertz CT molecular complexity index is 703. The van der Waals surface area contributed by atoms with Crippen LogP contribution in [-0.4, -0.2) is 15.4 Å². The minimum atomic E-state index is -0.183. The van der Waals surface area contributed by atoms with E-state index in [9.17, 15) is 9.59 Å². The minimum absolute atomic E-state index is 0.0359. The van der Waals surface area contributed by atoms with Crippen LogP contribution in [0.2, 0.25) is 0 Å². The Labute approximate surface area is 113 Å². The van der Waals surface area contributed by atoms with Crippen molar-refractivity contribution in [3.8, 4) is 0 Å². The molecule has 2 atom stereocenters. The van der Waals surface area contributed by atoms with Crippen molar-refractivity contribution in [1.82, 2.24) is 9.38 Å². The second-order valence-electron chi connectivity index (χ2n) is 5.01. The fraction of sp³-hybridized carbons (Fsp3) is 0.462. The van der Waals surface area contributed by atoms with E-state index in [1.165, 1.54) is 17.4 Å². The first-order valence-corrected chi connectivity index (χ1v) is 7.07. The van der Waals surface area contributed by atoms with Crippen molar-refractivity contribution >= 4 is 22.3 Å². The SMILES string of the molecule is Cc1csc2nc(COC(=O)[C@H]3C[C@H]3C)cc(=O)n12. The standard InChI is InChI=1S/C13H14N2O3S/c1-7-3-10(7)12(17)18-5-9-4-11(16)15-8(2)6-19-13(15)14-9/h4,6-7,10H,3,5H2,1-2H3/t7-,10+/m1/s1. The number of esters is 1. The molecule has 2 aromatic heterocycles. The number of ether oxygens (including phenoxy) is 1. The molecule has 1 aliphatic carbocycles. The zero-order valence-corrected chi connectivity index (χ0v) is 11.6. The maximum Gasteiger partial charge on any atom is 0.309 e. The number of hydrogen-bond donors (Lipinski definition) is 0. The summed E-state index contributed by atoms with van der Waals surface area (Å²) in [7, 11) is 0. The molecule has 100 valence electrons. The first-order valence-electron chi connectivity index (χ1n) is 6.19. The van der Waals surface area contributed by atoms with Crippen molar-refractivity contribution in [1.29, 1.82) is 0 Å². The lowest BCUT2D eigenvalue weighted by Crippen LogP contribution is -2.16. The highest BCUT2D eigenvalue weighted by molar-refractivity contribution is 7.15. The topological polar surface area (TPSA) is 60.7 Å². The molecule has 0 unspecified atom stereocenters. The molecule has 0 aliphatic heterocycles. The van der Waals surface area contributed by atoms with E-state index in [1.807, 2.05) is 19.2 Å². The zero-order chi connectivity index (χ0) is 13.6. The van der Waals surface area contributed by atoms with E-state index in [1.54, 1.807) is 4.40 Å². The molecule has 0 amide bonds. The molecule has 0 N–H and O–H groups in total. The van der Waals surface area contributed by atoms with E-state index in [-0.39, 0.29) is 24.1 Å². The molecule has 0 radical (unpaired) electrons. The van der Waals surface area contributed by atoms with Gasteiger partial charge in [0.05, 0.1) is 11.6 Å². The highest BCUT2D eigenvalue weighted by atomic mass is 32.1. The van der Waals surface area contributed by atoms with Gasteiger partial charge in [-0.25, -0.2) is 4.98 Å². The van der Waals surface area contributed by atoms with Crippen LogP contribution in [0.1, 0.15) is 24.7 Å². The van der Waals surface area contributed by atoms with Crippen LogP contribution in [0.4, 0.5) is 0 Å². The Balaban J connectivity index is 1.78. The highest BCUT2D eigenvalue weighted by Gasteiger charge is 2.40. The number of thiazole rings is 1. The Morgan fingerprint density at radius 1 is 1.63 bits per heavy atom. The van der Waals surface area contributed by atoms with Crippen LogP contribution in [0.5, 0.6) is 0 Å². The van der Waals surface area contributed by atoms with Crippen molar-refractivity contribution in [2.45, 2.75) is 26.9 Å². The summed E-state index contributed by atoms with van der Waals surface area (Å²) in [6.07, 6.45) is 0.901. The number of carbonyl (C=O) groups is 1. The molecule has 2 heterocycles. The summed E-state index contributed by atoms with van der Waals surface area (Å²) in [6, 6.07) is 1.43. The van der Waals surface area contributed by atoms with Gasteiger partial charge in [0.2, 0.25) is 0 Å². The van der Waals surface area contributed by atoms with Crippen LogP contribution in [-0.2, 0) is 16.1 Å². The van der Waals surface area contributed by atoms with E-state index in [0.29, 0.717) is 16.6 Å². The molecule has 0 bridgehead atoms. The molecule has 1 saturated carbocycles. The summed E-state index contributed by atoms with van der Waals surface area (Å²) in [4.78, 5) is 28.5. The molecular weight excluding hydrogens is 264 g/mol. The Kier molecular flexibility index (Phi) is 2.89. The molecule has 0 spiro atoms. The maximum absolute atomic E-state index is 11.9. The third-order valence-electron chi connectivity index (χ3n) is 3.40. The molecule has 6 heteroatoms. The number of carbonyl (C=O) groups excluding carboxylic acids is 1. The zero-order valence-electron chi connectivity index (χ0n) is 10.8. The monoisotopic (exact) mass is 278 g/mol. The lowest BCUT2D eigenvalue weighted by molar-refractivity contribution is -0.147. The number of fused-ring (bicyclic) bond motifs is 1. The number of aromatic nitrogens is 2. The normalized spacial score (nSPS) is 21.6. The lowest BCUT2D eigenvalue weighted by Gasteiger charge is -2.04. The van der Waals surface area contributed by atoms with Crippen molar-refractivity contribution in [3.63, 3.8) is 0 Å². The number of aryl methyl sites for hydroxylation is 1. The Hall–Kier alpha value is -1.69. The first-order chi connectivity index (χ1) is 9.06. The largest absolute Gasteiger partial charge is 0.459 e. The molecule has 5 nitrogen and oxygen atoms in total. The summed E-state index contributed by atoms with van der Waals surface area (Å²) in [5.41, 5.74) is 1.25. The molecule has 19 heavy (non-hydrogen) atoms. The van der Waals surface area contributed by atoms with Crippen molar-refractivity contribution in [3.05, 3.63) is 33.2 Å². The van der Waals surface area contributed by atoms with Crippen LogP contribution in [0, 0.1) is 18.8 Å². The van der Waals surface area contributed by atoms with Crippen LogP contribution in [0.25, 0.3) is 4.96 Å². The molecule has 1 aliphatic rings. The van der Waals surface area contributed by atoms with E-state index in [4.69, 9.17) is 4.74 Å². The van der Waals surface area contributed by atoms with Gasteiger partial charge < -0.3 is 4.74 Å². The smallest absolute Gasteiger partial charge is 0.309 e. The van der Waals surface area contributed by atoms with Gasteiger partial charge in [0.25, 0.3) is 5.56 Å². The average Bonchev–Trinajstić information content (AvgIpc) is 2.98. The van der Waals surface area contributed by atoms with Crippen molar-refractivity contribution < 1.29 is 9.53 Å². The fourth-order valence-corrected chi connectivity index (χ4v) is 2.97. The second kappa shape index (κ2) is 4.45. The van der Waals surface area contributed by atoms with Crippen molar-refractivity contribution in [2.75, 3.05) is 0 Å². The summed E-state index contributed by atoms with van der Waals surface area (Å²) in [6.45, 7) is 3.96. The minimum Gasteiger partial charge on any atom is -0.459 e. The summed E-state index contributed by atoms with van der Waals surface area (Å²) >= 11 is 1.41. The van der Waals surface area contributed by atoms with Gasteiger partial charge in [-0.15, -0.1) is 11.3 Å². The van der Waals surface area contributed by atoms with Gasteiger partial charge in [0, 0.05) is 17.1 Å². The van der Waals surface area contributed by atoms with Gasteiger partial charge in [0.15, 0.2) is 4.96 Å². The third kappa shape index (κ3) is 2.28. The van der Waals surface area contributed by atoms with E-state index >= 15 is 0 Å². The van der Waals surface area contributed by atoms with Gasteiger partial charge in [-0.05, 0) is 19.3 Å². The average molecular weight is 278 g/mol. The van der Waals surface area contributed by atoms with Gasteiger partial charge in [-0.1, -0.05) is 6.92 Å². The lowest BCUT2D eigenvalue weighted by atomic mass is 10.3.